The molecule has 3 rings (SSSR count). The minimum absolute atomic E-state index is 0.664. The van der Waals surface area contributed by atoms with Crippen LogP contribution < -0.4 is 0 Å². The Kier molecular flexibility index (Phi) is 2.82. The van der Waals surface area contributed by atoms with Gasteiger partial charge in [-0.2, -0.15) is 0 Å². The molecule has 3 aromatic rings. The van der Waals surface area contributed by atoms with Gasteiger partial charge in [0, 0.05) is 0 Å². The Morgan fingerprint density at radius 1 is 1.00 bits per heavy atom. The maximum atomic E-state index is 4.50. The van der Waals surface area contributed by atoms with Crippen LogP contribution in [0.4, 0.5) is 0 Å². The number of hydrogen-bond donors (Lipinski definition) is 0. The Bertz CT molecular complexity index is 760. The number of aromatic nitrogens is 3. The summed E-state index contributed by atoms with van der Waals surface area (Å²) in [5.74, 6) is 0.898. The molecule has 0 unspecified atom stereocenters. The van der Waals surface area contributed by atoms with Crippen LogP contribution >= 0.6 is 0 Å². The van der Waals surface area contributed by atoms with E-state index in [-0.39, 0.29) is 0 Å². The van der Waals surface area contributed by atoms with Gasteiger partial charge in [-0.1, -0.05) is 0 Å². The van der Waals surface area contributed by atoms with Gasteiger partial charge in [-0.05, 0) is 0 Å². The normalized spacial score (nSPS) is 10.7. The van der Waals surface area contributed by atoms with E-state index >= 15 is 0 Å². The van der Waals surface area contributed by atoms with E-state index in [2.05, 4.69) is 56.7 Å². The molecule has 0 amide bonds. The van der Waals surface area contributed by atoms with Crippen molar-refractivity contribution in [3.8, 4) is 11.4 Å². The van der Waals surface area contributed by atoms with Crippen molar-refractivity contribution in [3.63, 3.8) is 0 Å². The molecule has 0 saturated carbocycles. The summed E-state index contributed by atoms with van der Waals surface area (Å²) in [4.78, 5) is 8.87. The van der Waals surface area contributed by atoms with Crippen LogP contribution in [-0.2, 0) is 0 Å². The van der Waals surface area contributed by atoms with Gasteiger partial charge in [-0.3, -0.25) is 0 Å². The van der Waals surface area contributed by atoms with E-state index in [0.717, 1.165) is 17.0 Å². The van der Waals surface area contributed by atoms with Gasteiger partial charge in [0.2, 0.25) is 0 Å². The van der Waals surface area contributed by atoms with Crippen LogP contribution in [0.3, 0.4) is 0 Å². The Morgan fingerprint density at radius 2 is 1.78 bits per heavy atom. The first kappa shape index (κ1) is 11.3. The van der Waals surface area contributed by atoms with Gasteiger partial charge in [0.15, 0.2) is 0 Å². The SMILES string of the molecule is Cc1ccc(-c2nc(=[Se])nc3ccccn23)cc1. The summed E-state index contributed by atoms with van der Waals surface area (Å²) in [5, 5.41) is 0. The molecule has 0 N–H and O–H groups in total. The molecule has 0 spiro atoms. The number of aryl methyl sites for hydroxylation is 1. The van der Waals surface area contributed by atoms with Crippen molar-refractivity contribution in [2.45, 2.75) is 6.92 Å². The molecule has 0 saturated heterocycles. The van der Waals surface area contributed by atoms with E-state index in [4.69, 9.17) is 0 Å². The number of pyridine rings is 1. The second-order valence-electron chi connectivity index (χ2n) is 4.12. The van der Waals surface area contributed by atoms with Gasteiger partial charge >= 0.3 is 112 Å². The average molecular weight is 300 g/mol. The molecule has 18 heavy (non-hydrogen) atoms. The molecule has 2 heterocycles. The van der Waals surface area contributed by atoms with Gasteiger partial charge in [0.1, 0.15) is 0 Å². The van der Waals surface area contributed by atoms with Gasteiger partial charge in [0.25, 0.3) is 0 Å². The molecule has 0 atom stereocenters. The molecule has 0 aliphatic heterocycles. The van der Waals surface area contributed by atoms with Crippen LogP contribution in [0.15, 0.2) is 48.7 Å². The second kappa shape index (κ2) is 4.48. The van der Waals surface area contributed by atoms with E-state index in [0.29, 0.717) is 4.32 Å². The predicted octanol–water partition coefficient (Wildman–Crippen LogP) is 2.41. The molecule has 0 fully saturated rings. The first-order chi connectivity index (χ1) is 8.74. The van der Waals surface area contributed by atoms with Crippen molar-refractivity contribution in [2.75, 3.05) is 0 Å². The number of fused-ring (bicyclic) bond motifs is 1. The summed E-state index contributed by atoms with van der Waals surface area (Å²) in [6.45, 7) is 2.08. The zero-order chi connectivity index (χ0) is 12.5. The second-order valence-corrected chi connectivity index (χ2v) is 4.89. The summed E-state index contributed by atoms with van der Waals surface area (Å²) in [6.07, 6.45) is 1.98. The van der Waals surface area contributed by atoms with Gasteiger partial charge in [0.05, 0.1) is 0 Å². The van der Waals surface area contributed by atoms with Crippen LogP contribution in [0.25, 0.3) is 17.0 Å². The molecule has 0 aliphatic carbocycles. The fourth-order valence-corrected chi connectivity index (χ4v) is 2.26. The zero-order valence-electron chi connectivity index (χ0n) is 9.87. The fraction of sp³-hybridized carbons (Fsp3) is 0.0714. The van der Waals surface area contributed by atoms with Crippen molar-refractivity contribution in [3.05, 3.63) is 58.5 Å². The third-order valence-corrected chi connectivity index (χ3v) is 3.17. The Labute approximate surface area is 113 Å². The van der Waals surface area contributed by atoms with Crippen molar-refractivity contribution >= 4 is 21.2 Å². The molecule has 0 bridgehead atoms. The zero-order valence-corrected chi connectivity index (χ0v) is 11.6. The third-order valence-electron chi connectivity index (χ3n) is 2.79. The Balaban J connectivity index is 2.34. The number of benzene rings is 1. The number of rotatable bonds is 1. The first-order valence-corrected chi connectivity index (χ1v) is 6.52. The predicted molar refractivity (Wildman–Crippen MR) is 72.2 cm³/mol. The topological polar surface area (TPSA) is 30.2 Å². The van der Waals surface area contributed by atoms with Crippen LogP contribution in [-0.4, -0.2) is 29.9 Å². The summed E-state index contributed by atoms with van der Waals surface area (Å²) in [7, 11) is 0. The quantitative estimate of drug-likeness (QED) is 0.646. The van der Waals surface area contributed by atoms with Crippen molar-refractivity contribution in [2.24, 2.45) is 0 Å². The standard InChI is InChI=1S/C14H11N3Se/c1-10-5-7-11(8-6-10)13-16-14(18)15-12-4-2-3-9-17(12)13/h2-9H,1H3. The molecule has 4 heteroatoms. The van der Waals surface area contributed by atoms with Gasteiger partial charge in [-0.25, -0.2) is 0 Å². The molecular weight excluding hydrogens is 289 g/mol. The van der Waals surface area contributed by atoms with E-state index in [1.165, 1.54) is 5.56 Å². The van der Waals surface area contributed by atoms with E-state index in [1.54, 1.807) is 0 Å². The van der Waals surface area contributed by atoms with Gasteiger partial charge < -0.3 is 0 Å². The number of nitrogens with zero attached hydrogens (tertiary/aromatic N) is 3. The van der Waals surface area contributed by atoms with Crippen molar-refractivity contribution < 1.29 is 0 Å². The van der Waals surface area contributed by atoms with E-state index in [1.807, 2.05) is 28.8 Å². The molecule has 0 aliphatic rings. The summed E-state index contributed by atoms with van der Waals surface area (Å²) < 4.78 is 2.66. The van der Waals surface area contributed by atoms with Crippen LogP contribution in [0.2, 0.25) is 0 Å². The van der Waals surface area contributed by atoms with Crippen LogP contribution in [0, 0.1) is 11.2 Å². The average Bonchev–Trinajstić information content (AvgIpc) is 2.38. The Hall–Kier alpha value is -1.77. The van der Waals surface area contributed by atoms with Crippen molar-refractivity contribution in [1.82, 2.24) is 14.4 Å². The minimum atomic E-state index is 0.664. The third kappa shape index (κ3) is 2.01. The molecule has 3 nitrogen and oxygen atoms in total. The molecule has 88 valence electrons. The summed E-state index contributed by atoms with van der Waals surface area (Å²) in [6, 6.07) is 14.3. The van der Waals surface area contributed by atoms with E-state index < -0.39 is 0 Å². The monoisotopic (exact) mass is 301 g/mol. The van der Waals surface area contributed by atoms with E-state index in [9.17, 15) is 0 Å². The fourth-order valence-electron chi connectivity index (χ4n) is 1.88. The summed E-state index contributed by atoms with van der Waals surface area (Å²) >= 11 is 2.88. The Morgan fingerprint density at radius 3 is 2.56 bits per heavy atom. The van der Waals surface area contributed by atoms with Gasteiger partial charge in [-0.15, -0.1) is 0 Å². The number of hydrogen-bond acceptors (Lipinski definition) is 2. The molecule has 1 aromatic carbocycles. The summed E-state index contributed by atoms with van der Waals surface area (Å²) in [5.41, 5.74) is 3.21. The van der Waals surface area contributed by atoms with Crippen molar-refractivity contribution in [1.29, 1.82) is 0 Å². The maximum absolute atomic E-state index is 4.50. The first-order valence-electron chi connectivity index (χ1n) is 5.66. The molecule has 2 aromatic heterocycles. The molecule has 0 radical (unpaired) electrons. The van der Waals surface area contributed by atoms with Crippen LogP contribution in [0.1, 0.15) is 5.56 Å². The molecular formula is C14H11N3Se. The van der Waals surface area contributed by atoms with Crippen LogP contribution in [0.5, 0.6) is 0 Å².